The lowest BCUT2D eigenvalue weighted by molar-refractivity contribution is 0.0697. The van der Waals surface area contributed by atoms with Gasteiger partial charge in [0, 0.05) is 34.4 Å². The number of fused-ring (bicyclic) bond motifs is 2. The smallest absolute Gasteiger partial charge is 0.335 e. The summed E-state index contributed by atoms with van der Waals surface area (Å²) in [7, 11) is 0. The minimum atomic E-state index is -0.925. The molecule has 0 amide bonds. The van der Waals surface area contributed by atoms with Crippen molar-refractivity contribution in [2.24, 2.45) is 0 Å². The topological polar surface area (TPSA) is 79.5 Å². The Morgan fingerprint density at radius 2 is 1.97 bits per heavy atom. The summed E-state index contributed by atoms with van der Waals surface area (Å²) in [5.41, 5.74) is 5.23. The summed E-state index contributed by atoms with van der Waals surface area (Å²) >= 11 is 0. The van der Waals surface area contributed by atoms with Gasteiger partial charge >= 0.3 is 5.97 Å². The maximum atomic E-state index is 11.1. The van der Waals surface area contributed by atoms with Crippen LogP contribution >= 0.6 is 0 Å². The van der Waals surface area contributed by atoms with Gasteiger partial charge in [0.1, 0.15) is 11.4 Å². The molecule has 1 aliphatic rings. The molecular weight excluding hydrogens is 366 g/mol. The van der Waals surface area contributed by atoms with E-state index in [1.54, 1.807) is 18.4 Å². The number of carbonyl (C=O) groups is 1. The lowest BCUT2D eigenvalue weighted by Crippen LogP contribution is -2.15. The SMILES string of the molecule is CCc1nc(-c2ccc3occc3c2)nc2c1CCN2c1ccc(C(=O)O)cc1. The lowest BCUT2D eigenvalue weighted by atomic mass is 10.1. The first-order valence-electron chi connectivity index (χ1n) is 9.62. The summed E-state index contributed by atoms with van der Waals surface area (Å²) in [6, 6.07) is 14.8. The van der Waals surface area contributed by atoms with Gasteiger partial charge in [-0.25, -0.2) is 14.8 Å². The largest absolute Gasteiger partial charge is 0.478 e. The quantitative estimate of drug-likeness (QED) is 0.541. The second kappa shape index (κ2) is 6.74. The second-order valence-corrected chi connectivity index (χ2v) is 7.08. The fourth-order valence-electron chi connectivity index (χ4n) is 3.89. The highest BCUT2D eigenvalue weighted by Gasteiger charge is 2.26. The van der Waals surface area contributed by atoms with Crippen LogP contribution in [-0.2, 0) is 12.8 Å². The Morgan fingerprint density at radius 1 is 1.14 bits per heavy atom. The maximum absolute atomic E-state index is 11.1. The van der Waals surface area contributed by atoms with Gasteiger partial charge in [0.15, 0.2) is 5.82 Å². The Hall–Kier alpha value is -3.67. The van der Waals surface area contributed by atoms with Crippen molar-refractivity contribution in [2.75, 3.05) is 11.4 Å². The second-order valence-electron chi connectivity index (χ2n) is 7.08. The highest BCUT2D eigenvalue weighted by Crippen LogP contribution is 2.36. The van der Waals surface area contributed by atoms with E-state index in [2.05, 4.69) is 11.8 Å². The van der Waals surface area contributed by atoms with Crippen LogP contribution in [0.1, 0.15) is 28.5 Å². The summed E-state index contributed by atoms with van der Waals surface area (Å²) in [6.45, 7) is 2.91. The highest BCUT2D eigenvalue weighted by atomic mass is 16.4. The number of rotatable bonds is 4. The molecule has 2 aromatic heterocycles. The van der Waals surface area contributed by atoms with Gasteiger partial charge in [-0.1, -0.05) is 6.92 Å². The molecule has 0 unspecified atom stereocenters. The molecule has 0 saturated carbocycles. The van der Waals surface area contributed by atoms with Crippen LogP contribution < -0.4 is 4.90 Å². The standard InChI is InChI=1S/C23H19N3O3/c1-2-19-18-9-11-26(17-6-3-14(4-7-17)23(27)28)22(18)25-21(24-19)16-5-8-20-15(13-16)10-12-29-20/h3-8,10,12-13H,2,9,11H2,1H3,(H,27,28). The molecule has 5 rings (SSSR count). The predicted molar refractivity (Wildman–Crippen MR) is 111 cm³/mol. The molecule has 2 aromatic carbocycles. The molecule has 0 bridgehead atoms. The van der Waals surface area contributed by atoms with Crippen LogP contribution in [0, 0.1) is 0 Å². The van der Waals surface area contributed by atoms with E-state index in [-0.39, 0.29) is 5.56 Å². The van der Waals surface area contributed by atoms with Crippen LogP contribution in [0.5, 0.6) is 0 Å². The Morgan fingerprint density at radius 3 is 2.72 bits per heavy atom. The normalized spacial score (nSPS) is 13.1. The molecule has 6 nitrogen and oxygen atoms in total. The van der Waals surface area contributed by atoms with Crippen LogP contribution in [0.3, 0.4) is 0 Å². The van der Waals surface area contributed by atoms with E-state index in [4.69, 9.17) is 19.5 Å². The van der Waals surface area contributed by atoms with Crippen molar-refractivity contribution in [3.63, 3.8) is 0 Å². The molecule has 0 aliphatic carbocycles. The van der Waals surface area contributed by atoms with E-state index in [1.165, 1.54) is 5.56 Å². The number of aromatic carboxylic acids is 1. The molecule has 1 aliphatic heterocycles. The number of carboxylic acids is 1. The third kappa shape index (κ3) is 2.93. The summed E-state index contributed by atoms with van der Waals surface area (Å²) in [5.74, 6) is 0.672. The van der Waals surface area contributed by atoms with Crippen molar-refractivity contribution in [3.8, 4) is 11.4 Å². The summed E-state index contributed by atoms with van der Waals surface area (Å²) in [5, 5.41) is 10.2. The van der Waals surface area contributed by atoms with Crippen molar-refractivity contribution >= 4 is 28.4 Å². The average Bonchev–Trinajstić information content (AvgIpc) is 3.39. The molecule has 144 valence electrons. The van der Waals surface area contributed by atoms with Crippen molar-refractivity contribution < 1.29 is 14.3 Å². The minimum absolute atomic E-state index is 0.277. The molecule has 1 N–H and O–H groups in total. The van der Waals surface area contributed by atoms with Gasteiger partial charge in [0.25, 0.3) is 0 Å². The molecule has 0 atom stereocenters. The number of benzene rings is 2. The van der Waals surface area contributed by atoms with Crippen LogP contribution in [0.25, 0.3) is 22.4 Å². The molecule has 0 radical (unpaired) electrons. The zero-order valence-corrected chi connectivity index (χ0v) is 15.9. The molecule has 0 fully saturated rings. The van der Waals surface area contributed by atoms with Gasteiger partial charge in [-0.05, 0) is 61.4 Å². The number of furan rings is 1. The number of carboxylic acid groups (broad SMARTS) is 1. The molecular formula is C23H19N3O3. The first-order chi connectivity index (χ1) is 14.1. The van der Waals surface area contributed by atoms with E-state index in [0.717, 1.165) is 53.1 Å². The number of aromatic nitrogens is 2. The molecule has 3 heterocycles. The van der Waals surface area contributed by atoms with Crippen LogP contribution in [0.4, 0.5) is 11.5 Å². The monoisotopic (exact) mass is 385 g/mol. The number of hydrogen-bond acceptors (Lipinski definition) is 5. The van der Waals surface area contributed by atoms with Gasteiger partial charge in [0.2, 0.25) is 0 Å². The van der Waals surface area contributed by atoms with E-state index in [9.17, 15) is 4.79 Å². The Labute approximate surface area is 167 Å². The zero-order valence-electron chi connectivity index (χ0n) is 15.9. The van der Waals surface area contributed by atoms with E-state index in [0.29, 0.717) is 5.82 Å². The van der Waals surface area contributed by atoms with Crippen molar-refractivity contribution in [1.29, 1.82) is 0 Å². The first-order valence-corrected chi connectivity index (χ1v) is 9.62. The van der Waals surface area contributed by atoms with Gasteiger partial charge < -0.3 is 14.4 Å². The van der Waals surface area contributed by atoms with Crippen molar-refractivity contribution in [1.82, 2.24) is 9.97 Å². The Bertz CT molecular complexity index is 1230. The number of anilines is 2. The predicted octanol–water partition coefficient (Wildman–Crippen LogP) is 4.84. The Kier molecular flexibility index (Phi) is 4.05. The molecule has 4 aromatic rings. The fourth-order valence-corrected chi connectivity index (χ4v) is 3.89. The molecule has 6 heteroatoms. The summed E-state index contributed by atoms with van der Waals surface area (Å²) in [4.78, 5) is 23.0. The van der Waals surface area contributed by atoms with Gasteiger partial charge in [-0.15, -0.1) is 0 Å². The van der Waals surface area contributed by atoms with Crippen molar-refractivity contribution in [3.05, 3.63) is 71.6 Å². The number of hydrogen-bond donors (Lipinski definition) is 1. The molecule has 29 heavy (non-hydrogen) atoms. The van der Waals surface area contributed by atoms with E-state index in [1.807, 2.05) is 36.4 Å². The number of aryl methyl sites for hydroxylation is 1. The van der Waals surface area contributed by atoms with E-state index < -0.39 is 5.97 Å². The maximum Gasteiger partial charge on any atom is 0.335 e. The van der Waals surface area contributed by atoms with Crippen LogP contribution in [0.2, 0.25) is 0 Å². The third-order valence-corrected chi connectivity index (χ3v) is 5.38. The van der Waals surface area contributed by atoms with Crippen LogP contribution in [0.15, 0.2) is 59.2 Å². The summed E-state index contributed by atoms with van der Waals surface area (Å²) < 4.78 is 5.44. The summed E-state index contributed by atoms with van der Waals surface area (Å²) in [6.07, 6.45) is 3.38. The first kappa shape index (κ1) is 17.4. The van der Waals surface area contributed by atoms with Crippen LogP contribution in [-0.4, -0.2) is 27.6 Å². The lowest BCUT2D eigenvalue weighted by Gasteiger charge is -2.19. The highest BCUT2D eigenvalue weighted by molar-refractivity contribution is 5.88. The van der Waals surface area contributed by atoms with Gasteiger partial charge in [-0.2, -0.15) is 0 Å². The minimum Gasteiger partial charge on any atom is -0.478 e. The fraction of sp³-hybridized carbons (Fsp3) is 0.174. The molecule has 0 saturated heterocycles. The van der Waals surface area contributed by atoms with Gasteiger partial charge in [-0.3, -0.25) is 0 Å². The molecule has 0 spiro atoms. The Balaban J connectivity index is 1.60. The van der Waals surface area contributed by atoms with Gasteiger partial charge in [0.05, 0.1) is 11.8 Å². The third-order valence-electron chi connectivity index (χ3n) is 5.38. The van der Waals surface area contributed by atoms with E-state index >= 15 is 0 Å². The van der Waals surface area contributed by atoms with Crippen molar-refractivity contribution in [2.45, 2.75) is 19.8 Å². The average molecular weight is 385 g/mol. The number of nitrogens with zero attached hydrogens (tertiary/aromatic N) is 3. The zero-order chi connectivity index (χ0) is 20.0.